The molecular formula is C21H27N7S. The number of hydrogen-bond acceptors (Lipinski definition) is 6. The Morgan fingerprint density at radius 2 is 1.76 bits per heavy atom. The molecule has 0 unspecified atom stereocenters. The van der Waals surface area contributed by atoms with E-state index in [4.69, 9.17) is 12.2 Å². The molecule has 8 heteroatoms. The lowest BCUT2D eigenvalue weighted by atomic mass is 10.1. The second kappa shape index (κ2) is 9.28. The zero-order valence-corrected chi connectivity index (χ0v) is 17.6. The number of hydrogen-bond donors (Lipinski definition) is 0. The van der Waals surface area contributed by atoms with Crippen LogP contribution >= 0.6 is 12.2 Å². The maximum Gasteiger partial charge on any atom is 0.221 e. The molecule has 1 aromatic carbocycles. The van der Waals surface area contributed by atoms with Crippen LogP contribution in [0.2, 0.25) is 0 Å². The largest absolute Gasteiger partial charge is 0.354 e. The summed E-state index contributed by atoms with van der Waals surface area (Å²) in [7, 11) is 0. The van der Waals surface area contributed by atoms with Crippen molar-refractivity contribution in [1.29, 1.82) is 0 Å². The molecule has 152 valence electrons. The fraction of sp³-hybridized carbons (Fsp3) is 0.429. The number of rotatable bonds is 7. The lowest BCUT2D eigenvalue weighted by molar-refractivity contribution is 0.192. The van der Waals surface area contributed by atoms with E-state index >= 15 is 0 Å². The van der Waals surface area contributed by atoms with E-state index in [2.05, 4.69) is 62.5 Å². The topological polar surface area (TPSA) is 55.0 Å². The zero-order valence-electron chi connectivity index (χ0n) is 16.8. The number of aryl methyl sites for hydroxylation is 1. The van der Waals surface area contributed by atoms with Gasteiger partial charge < -0.3 is 4.90 Å². The molecule has 1 aliphatic heterocycles. The first kappa shape index (κ1) is 19.7. The van der Waals surface area contributed by atoms with Crippen LogP contribution in [0.1, 0.15) is 25.3 Å². The van der Waals surface area contributed by atoms with Crippen molar-refractivity contribution in [3.63, 3.8) is 0 Å². The third-order valence-corrected chi connectivity index (χ3v) is 5.70. The third kappa shape index (κ3) is 4.71. The first-order chi connectivity index (χ1) is 14.2. The van der Waals surface area contributed by atoms with Gasteiger partial charge in [0.1, 0.15) is 5.82 Å². The molecule has 0 radical (unpaired) electrons. The second-order valence-electron chi connectivity index (χ2n) is 7.38. The molecule has 0 spiro atoms. The maximum atomic E-state index is 5.63. The van der Waals surface area contributed by atoms with Gasteiger partial charge in [0.05, 0.1) is 12.4 Å². The Balaban J connectivity index is 1.37. The molecule has 0 amide bonds. The van der Waals surface area contributed by atoms with Crippen LogP contribution in [-0.4, -0.2) is 55.9 Å². The molecule has 0 N–H and O–H groups in total. The molecule has 0 atom stereocenters. The van der Waals surface area contributed by atoms with Crippen LogP contribution in [0.25, 0.3) is 5.69 Å². The quantitative estimate of drug-likeness (QED) is 0.558. The molecule has 0 saturated carbocycles. The van der Waals surface area contributed by atoms with Gasteiger partial charge in [-0.05, 0) is 65.3 Å². The highest BCUT2D eigenvalue weighted by molar-refractivity contribution is 7.71. The minimum absolute atomic E-state index is 0.624. The number of anilines is 1. The average Bonchev–Trinajstić information content (AvgIpc) is 3.14. The SMILES string of the molecule is CCCCc1ccc(-n2nnn(CN3CCN(c4ccccn4)CC3)c2=S)cc1. The van der Waals surface area contributed by atoms with Gasteiger partial charge in [-0.2, -0.15) is 4.68 Å². The van der Waals surface area contributed by atoms with Gasteiger partial charge in [-0.25, -0.2) is 9.67 Å². The lowest BCUT2D eigenvalue weighted by Crippen LogP contribution is -2.47. The standard InChI is InChI=1S/C21H27N7S/c1-2-3-6-18-8-10-19(11-9-18)28-21(29)27(23-24-28)17-25-13-15-26(16-14-25)20-7-4-5-12-22-20/h4-5,7-12H,2-3,6,13-17H2,1H3. The lowest BCUT2D eigenvalue weighted by Gasteiger charge is -2.34. The highest BCUT2D eigenvalue weighted by atomic mass is 32.1. The molecule has 0 aliphatic carbocycles. The Morgan fingerprint density at radius 3 is 2.45 bits per heavy atom. The second-order valence-corrected chi connectivity index (χ2v) is 7.74. The van der Waals surface area contributed by atoms with Gasteiger partial charge in [0.15, 0.2) is 0 Å². The number of unbranched alkanes of at least 4 members (excludes halogenated alkanes) is 1. The summed E-state index contributed by atoms with van der Waals surface area (Å²) in [5.74, 6) is 1.04. The summed E-state index contributed by atoms with van der Waals surface area (Å²) in [6.07, 6.45) is 5.37. The first-order valence-electron chi connectivity index (χ1n) is 10.2. The van der Waals surface area contributed by atoms with Crippen molar-refractivity contribution in [3.8, 4) is 5.69 Å². The van der Waals surface area contributed by atoms with Crippen molar-refractivity contribution in [1.82, 2.24) is 29.7 Å². The normalized spacial score (nSPS) is 15.0. The highest BCUT2D eigenvalue weighted by Crippen LogP contribution is 2.14. The monoisotopic (exact) mass is 409 g/mol. The molecule has 1 fully saturated rings. The summed E-state index contributed by atoms with van der Waals surface area (Å²) in [5.41, 5.74) is 2.31. The molecular weight excluding hydrogens is 382 g/mol. The maximum absolute atomic E-state index is 5.63. The summed E-state index contributed by atoms with van der Waals surface area (Å²) in [5, 5.41) is 8.58. The van der Waals surface area contributed by atoms with Crippen LogP contribution < -0.4 is 4.90 Å². The van der Waals surface area contributed by atoms with Crippen molar-refractivity contribution in [3.05, 3.63) is 59.0 Å². The fourth-order valence-electron chi connectivity index (χ4n) is 3.56. The number of nitrogens with zero attached hydrogens (tertiary/aromatic N) is 7. The number of tetrazole rings is 1. The van der Waals surface area contributed by atoms with E-state index in [1.165, 1.54) is 18.4 Å². The van der Waals surface area contributed by atoms with E-state index < -0.39 is 0 Å². The van der Waals surface area contributed by atoms with Gasteiger partial charge in [0, 0.05) is 32.4 Å². The number of aromatic nitrogens is 5. The van der Waals surface area contributed by atoms with Crippen LogP contribution in [0.15, 0.2) is 48.7 Å². The van der Waals surface area contributed by atoms with Crippen LogP contribution in [0.4, 0.5) is 5.82 Å². The van der Waals surface area contributed by atoms with Gasteiger partial charge in [-0.3, -0.25) is 4.90 Å². The summed E-state index contributed by atoms with van der Waals surface area (Å²) in [4.78, 5) is 9.11. The van der Waals surface area contributed by atoms with E-state index in [-0.39, 0.29) is 0 Å². The van der Waals surface area contributed by atoms with Crippen LogP contribution in [-0.2, 0) is 13.1 Å². The van der Waals surface area contributed by atoms with Gasteiger partial charge >= 0.3 is 0 Å². The van der Waals surface area contributed by atoms with E-state index in [0.29, 0.717) is 11.4 Å². The molecule has 1 saturated heterocycles. The zero-order chi connectivity index (χ0) is 20.1. The summed E-state index contributed by atoms with van der Waals surface area (Å²) >= 11 is 5.63. The molecule has 29 heavy (non-hydrogen) atoms. The fourth-order valence-corrected chi connectivity index (χ4v) is 3.79. The Bertz CT molecular complexity index is 957. The smallest absolute Gasteiger partial charge is 0.221 e. The van der Waals surface area contributed by atoms with E-state index in [0.717, 1.165) is 44.1 Å². The van der Waals surface area contributed by atoms with Crippen molar-refractivity contribution >= 4 is 18.0 Å². The summed E-state index contributed by atoms with van der Waals surface area (Å²) in [6, 6.07) is 14.5. The number of piperazine rings is 1. The Kier molecular flexibility index (Phi) is 6.31. The Hall–Kier alpha value is -2.58. The Morgan fingerprint density at radius 1 is 0.966 bits per heavy atom. The van der Waals surface area contributed by atoms with E-state index in [9.17, 15) is 0 Å². The van der Waals surface area contributed by atoms with Crippen LogP contribution in [0.5, 0.6) is 0 Å². The predicted octanol–water partition coefficient (Wildman–Crippen LogP) is 3.32. The first-order valence-corrected chi connectivity index (χ1v) is 10.7. The van der Waals surface area contributed by atoms with Crippen LogP contribution in [0.3, 0.4) is 0 Å². The minimum atomic E-state index is 0.624. The average molecular weight is 410 g/mol. The molecule has 7 nitrogen and oxygen atoms in total. The Labute approximate surface area is 176 Å². The summed E-state index contributed by atoms with van der Waals surface area (Å²) in [6.45, 7) is 6.64. The number of pyridine rings is 1. The molecule has 3 aromatic rings. The number of benzene rings is 1. The molecule has 1 aliphatic rings. The van der Waals surface area contributed by atoms with Gasteiger partial charge in [-0.15, -0.1) is 0 Å². The minimum Gasteiger partial charge on any atom is -0.354 e. The van der Waals surface area contributed by atoms with Crippen molar-refractivity contribution in [2.45, 2.75) is 32.9 Å². The van der Waals surface area contributed by atoms with Gasteiger partial charge in [-0.1, -0.05) is 31.5 Å². The van der Waals surface area contributed by atoms with Gasteiger partial charge in [0.25, 0.3) is 0 Å². The molecule has 3 heterocycles. The molecule has 0 bridgehead atoms. The van der Waals surface area contributed by atoms with Crippen LogP contribution in [0, 0.1) is 4.77 Å². The van der Waals surface area contributed by atoms with E-state index in [1.54, 1.807) is 9.36 Å². The predicted molar refractivity (Wildman–Crippen MR) is 117 cm³/mol. The van der Waals surface area contributed by atoms with E-state index in [1.807, 2.05) is 18.3 Å². The van der Waals surface area contributed by atoms with Gasteiger partial charge in [0.2, 0.25) is 4.77 Å². The van der Waals surface area contributed by atoms with Crippen molar-refractivity contribution in [2.75, 3.05) is 31.1 Å². The van der Waals surface area contributed by atoms with Crippen molar-refractivity contribution in [2.24, 2.45) is 0 Å². The third-order valence-electron chi connectivity index (χ3n) is 5.32. The highest BCUT2D eigenvalue weighted by Gasteiger charge is 2.19. The van der Waals surface area contributed by atoms with Crippen molar-refractivity contribution < 1.29 is 0 Å². The molecule has 4 rings (SSSR count). The summed E-state index contributed by atoms with van der Waals surface area (Å²) < 4.78 is 4.17. The molecule has 2 aromatic heterocycles.